The lowest BCUT2D eigenvalue weighted by Crippen LogP contribution is -2.16. The van der Waals surface area contributed by atoms with E-state index < -0.39 is 0 Å². The Balaban J connectivity index is 1.81. The quantitative estimate of drug-likeness (QED) is 0.808. The minimum Gasteiger partial charge on any atom is -0.351 e. The predicted octanol–water partition coefficient (Wildman–Crippen LogP) is 3.87. The smallest absolute Gasteiger partial charge is 0.0225 e. The van der Waals surface area contributed by atoms with Crippen LogP contribution < -0.4 is 5.32 Å². The van der Waals surface area contributed by atoms with E-state index in [1.807, 2.05) is 0 Å². The number of hydrogen-bond donors (Lipinski definition) is 1. The largest absolute Gasteiger partial charge is 0.351 e. The van der Waals surface area contributed by atoms with Gasteiger partial charge in [0.2, 0.25) is 0 Å². The summed E-state index contributed by atoms with van der Waals surface area (Å²) in [6, 6.07) is 3.08. The van der Waals surface area contributed by atoms with Gasteiger partial charge < -0.3 is 9.88 Å². The average molecular weight is 248 g/mol. The van der Waals surface area contributed by atoms with Crippen LogP contribution in [-0.2, 0) is 13.1 Å². The van der Waals surface area contributed by atoms with E-state index in [0.29, 0.717) is 5.41 Å². The van der Waals surface area contributed by atoms with Gasteiger partial charge in [-0.2, -0.15) is 0 Å². The molecule has 0 saturated heterocycles. The Hall–Kier alpha value is -0.760. The standard InChI is InChI=1S/C16H28N2/c1-13-14(12-17-15-6-7-15)8-11-18(13)10-5-9-16(2,3)4/h8,11,15,17H,5-7,9-10,12H2,1-4H3. The van der Waals surface area contributed by atoms with Gasteiger partial charge >= 0.3 is 0 Å². The molecule has 0 aliphatic heterocycles. The van der Waals surface area contributed by atoms with Crippen LogP contribution in [0.25, 0.3) is 0 Å². The lowest BCUT2D eigenvalue weighted by Gasteiger charge is -2.18. The highest BCUT2D eigenvalue weighted by atomic mass is 15.0. The molecule has 1 heterocycles. The fourth-order valence-corrected chi connectivity index (χ4v) is 2.35. The van der Waals surface area contributed by atoms with E-state index in [0.717, 1.165) is 19.1 Å². The summed E-state index contributed by atoms with van der Waals surface area (Å²) in [5.74, 6) is 0. The SMILES string of the molecule is Cc1c(CNC2CC2)ccn1CCCC(C)(C)C. The maximum Gasteiger partial charge on any atom is 0.0225 e. The molecular weight excluding hydrogens is 220 g/mol. The van der Waals surface area contributed by atoms with Crippen LogP contribution in [0.4, 0.5) is 0 Å². The van der Waals surface area contributed by atoms with E-state index in [2.05, 4.69) is 49.8 Å². The van der Waals surface area contributed by atoms with Gasteiger partial charge in [-0.1, -0.05) is 20.8 Å². The van der Waals surface area contributed by atoms with Gasteiger partial charge in [0.1, 0.15) is 0 Å². The molecule has 0 bridgehead atoms. The Morgan fingerprint density at radius 2 is 2.06 bits per heavy atom. The van der Waals surface area contributed by atoms with Crippen molar-refractivity contribution in [1.82, 2.24) is 9.88 Å². The fraction of sp³-hybridized carbons (Fsp3) is 0.750. The third-order valence-corrected chi connectivity index (χ3v) is 3.84. The first kappa shape index (κ1) is 13.7. The maximum atomic E-state index is 3.59. The van der Waals surface area contributed by atoms with Gasteiger partial charge in [0.15, 0.2) is 0 Å². The molecule has 2 nitrogen and oxygen atoms in total. The fourth-order valence-electron chi connectivity index (χ4n) is 2.35. The molecule has 0 atom stereocenters. The summed E-state index contributed by atoms with van der Waals surface area (Å²) in [5, 5.41) is 3.59. The molecule has 0 amide bonds. The third-order valence-electron chi connectivity index (χ3n) is 3.84. The van der Waals surface area contributed by atoms with Gasteiger partial charge in [0.25, 0.3) is 0 Å². The molecular formula is C16H28N2. The summed E-state index contributed by atoms with van der Waals surface area (Å²) in [7, 11) is 0. The Morgan fingerprint density at radius 1 is 1.33 bits per heavy atom. The first-order chi connectivity index (χ1) is 8.46. The van der Waals surface area contributed by atoms with Crippen LogP contribution in [-0.4, -0.2) is 10.6 Å². The van der Waals surface area contributed by atoms with Crippen LogP contribution in [0.3, 0.4) is 0 Å². The average Bonchev–Trinajstić information content (AvgIpc) is 3.03. The number of nitrogens with zero attached hydrogens (tertiary/aromatic N) is 1. The lowest BCUT2D eigenvalue weighted by molar-refractivity contribution is 0.353. The molecule has 1 N–H and O–H groups in total. The number of nitrogens with one attached hydrogen (secondary N) is 1. The Bertz CT molecular complexity index is 380. The van der Waals surface area contributed by atoms with Crippen molar-refractivity contribution >= 4 is 0 Å². The Kier molecular flexibility index (Phi) is 4.16. The second-order valence-corrected chi connectivity index (χ2v) is 6.94. The van der Waals surface area contributed by atoms with E-state index in [-0.39, 0.29) is 0 Å². The number of aryl methyl sites for hydroxylation is 1. The highest BCUT2D eigenvalue weighted by Crippen LogP contribution is 2.22. The molecule has 102 valence electrons. The molecule has 1 aromatic rings. The molecule has 1 aliphatic rings. The molecule has 1 aromatic heterocycles. The molecule has 18 heavy (non-hydrogen) atoms. The van der Waals surface area contributed by atoms with Crippen molar-refractivity contribution in [1.29, 1.82) is 0 Å². The van der Waals surface area contributed by atoms with E-state index in [4.69, 9.17) is 0 Å². The van der Waals surface area contributed by atoms with Crippen LogP contribution in [0.15, 0.2) is 12.3 Å². The van der Waals surface area contributed by atoms with Crippen molar-refractivity contribution in [2.75, 3.05) is 0 Å². The van der Waals surface area contributed by atoms with E-state index >= 15 is 0 Å². The summed E-state index contributed by atoms with van der Waals surface area (Å²) in [4.78, 5) is 0. The highest BCUT2D eigenvalue weighted by molar-refractivity contribution is 5.21. The van der Waals surface area contributed by atoms with Crippen molar-refractivity contribution in [3.05, 3.63) is 23.5 Å². The van der Waals surface area contributed by atoms with E-state index in [1.165, 1.54) is 36.9 Å². The van der Waals surface area contributed by atoms with Crippen molar-refractivity contribution in [2.24, 2.45) is 5.41 Å². The van der Waals surface area contributed by atoms with E-state index in [1.54, 1.807) is 0 Å². The number of rotatable bonds is 6. The van der Waals surface area contributed by atoms with Gasteiger partial charge in [0.05, 0.1) is 0 Å². The summed E-state index contributed by atoms with van der Waals surface area (Å²) in [6.07, 6.45) is 7.55. The first-order valence-corrected chi connectivity index (χ1v) is 7.34. The predicted molar refractivity (Wildman–Crippen MR) is 77.7 cm³/mol. The maximum absolute atomic E-state index is 3.59. The first-order valence-electron chi connectivity index (χ1n) is 7.34. The van der Waals surface area contributed by atoms with Gasteiger partial charge in [-0.25, -0.2) is 0 Å². The molecule has 2 heteroatoms. The normalized spacial score (nSPS) is 16.2. The third kappa shape index (κ3) is 4.16. The Morgan fingerprint density at radius 3 is 2.67 bits per heavy atom. The summed E-state index contributed by atoms with van der Waals surface area (Å²) >= 11 is 0. The molecule has 0 spiro atoms. The molecule has 1 saturated carbocycles. The second-order valence-electron chi connectivity index (χ2n) is 6.94. The minimum absolute atomic E-state index is 0.456. The van der Waals surface area contributed by atoms with Gasteiger partial charge in [-0.05, 0) is 49.7 Å². The highest BCUT2D eigenvalue weighted by Gasteiger charge is 2.20. The van der Waals surface area contributed by atoms with Crippen molar-refractivity contribution in [3.8, 4) is 0 Å². The molecule has 0 unspecified atom stereocenters. The lowest BCUT2D eigenvalue weighted by atomic mass is 9.91. The van der Waals surface area contributed by atoms with Crippen LogP contribution in [0.1, 0.15) is 57.7 Å². The van der Waals surface area contributed by atoms with Crippen LogP contribution in [0.2, 0.25) is 0 Å². The van der Waals surface area contributed by atoms with Crippen LogP contribution >= 0.6 is 0 Å². The zero-order valence-electron chi connectivity index (χ0n) is 12.4. The molecule has 0 aromatic carbocycles. The Labute approximate surface area is 112 Å². The van der Waals surface area contributed by atoms with Gasteiger partial charge in [-0.3, -0.25) is 0 Å². The minimum atomic E-state index is 0.456. The summed E-state index contributed by atoms with van der Waals surface area (Å²) in [6.45, 7) is 11.4. The summed E-state index contributed by atoms with van der Waals surface area (Å²) in [5.41, 5.74) is 3.37. The van der Waals surface area contributed by atoms with E-state index in [9.17, 15) is 0 Å². The molecule has 1 fully saturated rings. The molecule has 1 aliphatic carbocycles. The molecule has 0 radical (unpaired) electrons. The topological polar surface area (TPSA) is 17.0 Å². The van der Waals surface area contributed by atoms with Crippen molar-refractivity contribution in [2.45, 2.75) is 72.5 Å². The zero-order chi connectivity index (χ0) is 13.2. The van der Waals surface area contributed by atoms with Crippen molar-refractivity contribution in [3.63, 3.8) is 0 Å². The van der Waals surface area contributed by atoms with Crippen LogP contribution in [0.5, 0.6) is 0 Å². The van der Waals surface area contributed by atoms with Gasteiger partial charge in [-0.15, -0.1) is 0 Å². The van der Waals surface area contributed by atoms with Crippen molar-refractivity contribution < 1.29 is 0 Å². The zero-order valence-corrected chi connectivity index (χ0v) is 12.4. The monoisotopic (exact) mass is 248 g/mol. The number of hydrogen-bond acceptors (Lipinski definition) is 1. The summed E-state index contributed by atoms with van der Waals surface area (Å²) < 4.78 is 2.41. The van der Waals surface area contributed by atoms with Gasteiger partial charge in [0, 0.05) is 31.0 Å². The van der Waals surface area contributed by atoms with Crippen LogP contribution in [0, 0.1) is 12.3 Å². The number of aromatic nitrogens is 1. The second kappa shape index (κ2) is 5.48. The molecule has 2 rings (SSSR count).